The summed E-state index contributed by atoms with van der Waals surface area (Å²) in [6.07, 6.45) is 0.733. The summed E-state index contributed by atoms with van der Waals surface area (Å²) in [5, 5.41) is 10.5. The van der Waals surface area contributed by atoms with Gasteiger partial charge >= 0.3 is 0 Å². The Morgan fingerprint density at radius 3 is 2.11 bits per heavy atom. The summed E-state index contributed by atoms with van der Waals surface area (Å²) < 4.78 is 0. The topological polar surface area (TPSA) is 44.8 Å². The van der Waals surface area contributed by atoms with Gasteiger partial charge in [-0.15, -0.1) is 5.39 Å². The molecule has 0 bridgehead atoms. The van der Waals surface area contributed by atoms with Crippen LogP contribution >= 0.6 is 0 Å². The Hall–Kier alpha value is -0.160. The molecule has 0 radical (unpaired) electrons. The van der Waals surface area contributed by atoms with E-state index in [1.165, 1.54) is 0 Å². The van der Waals surface area contributed by atoms with Gasteiger partial charge in [0.25, 0.3) is 0 Å². The van der Waals surface area contributed by atoms with Crippen LogP contribution in [0.4, 0.5) is 0 Å². The van der Waals surface area contributed by atoms with Crippen molar-refractivity contribution in [3.8, 4) is 0 Å². The van der Waals surface area contributed by atoms with Gasteiger partial charge in [0.15, 0.2) is 0 Å². The van der Waals surface area contributed by atoms with Gasteiger partial charge in [-0.1, -0.05) is 0 Å². The van der Waals surface area contributed by atoms with Crippen LogP contribution in [0.3, 0.4) is 0 Å². The first-order valence-corrected chi connectivity index (χ1v) is 2.99. The zero-order valence-electron chi connectivity index (χ0n) is 5.53. The Balaban J connectivity index is 2.34. The molecular formula is C5H10NO3-. The molecule has 1 aliphatic heterocycles. The van der Waals surface area contributed by atoms with E-state index in [0.29, 0.717) is 0 Å². The maximum Gasteiger partial charge on any atom is 0.0805 e. The Kier molecular flexibility index (Phi) is 2.02. The summed E-state index contributed by atoms with van der Waals surface area (Å²) in [7, 11) is 0. The predicted octanol–water partition coefficient (Wildman–Crippen LogP) is 0.830. The molecule has 0 aromatic carbocycles. The van der Waals surface area contributed by atoms with Crippen molar-refractivity contribution in [3.05, 3.63) is 5.21 Å². The molecule has 1 rings (SSSR count). The van der Waals surface area contributed by atoms with Gasteiger partial charge in [0.2, 0.25) is 0 Å². The second-order valence-corrected chi connectivity index (χ2v) is 2.29. The van der Waals surface area contributed by atoms with Crippen LogP contribution in [0.15, 0.2) is 0 Å². The molecule has 0 spiro atoms. The van der Waals surface area contributed by atoms with Crippen molar-refractivity contribution < 1.29 is 9.68 Å². The Morgan fingerprint density at radius 1 is 1.33 bits per heavy atom. The number of hydrogen-bond acceptors (Lipinski definition) is 4. The minimum absolute atomic E-state index is 0.0220. The third kappa shape index (κ3) is 1.91. The molecule has 1 saturated heterocycles. The van der Waals surface area contributed by atoms with Gasteiger partial charge in [-0.2, -0.15) is 0 Å². The van der Waals surface area contributed by atoms with Crippen molar-refractivity contribution in [2.75, 3.05) is 0 Å². The zero-order chi connectivity index (χ0) is 6.85. The summed E-state index contributed by atoms with van der Waals surface area (Å²) in [6.45, 7) is 3.67. The van der Waals surface area contributed by atoms with Gasteiger partial charge in [0.05, 0.1) is 12.2 Å². The summed E-state index contributed by atoms with van der Waals surface area (Å²) in [5.41, 5.74) is 0. The average molecular weight is 132 g/mol. The Labute approximate surface area is 53.8 Å². The maximum absolute atomic E-state index is 10.4. The first-order valence-electron chi connectivity index (χ1n) is 2.99. The van der Waals surface area contributed by atoms with Crippen LogP contribution in [0.2, 0.25) is 0 Å². The fraction of sp³-hybridized carbons (Fsp3) is 1.00. The van der Waals surface area contributed by atoms with E-state index in [9.17, 15) is 5.21 Å². The van der Waals surface area contributed by atoms with Crippen molar-refractivity contribution in [3.63, 3.8) is 0 Å². The van der Waals surface area contributed by atoms with Crippen molar-refractivity contribution in [2.45, 2.75) is 32.5 Å². The van der Waals surface area contributed by atoms with E-state index in [4.69, 9.17) is 0 Å². The molecule has 2 atom stereocenters. The molecule has 0 aromatic rings. The number of nitrogens with zero attached hydrogens (tertiary/aromatic N) is 1. The van der Waals surface area contributed by atoms with Gasteiger partial charge in [0.1, 0.15) is 0 Å². The minimum atomic E-state index is -0.0220. The fourth-order valence-corrected chi connectivity index (χ4v) is 0.872. The highest BCUT2D eigenvalue weighted by atomic mass is 17.1. The third-order valence-electron chi connectivity index (χ3n) is 1.20. The lowest BCUT2D eigenvalue weighted by molar-refractivity contribution is -0.402. The van der Waals surface area contributed by atoms with Gasteiger partial charge in [-0.05, 0) is 13.8 Å². The van der Waals surface area contributed by atoms with Crippen LogP contribution in [-0.2, 0) is 9.68 Å². The zero-order valence-corrected chi connectivity index (χ0v) is 5.53. The molecule has 1 heterocycles. The van der Waals surface area contributed by atoms with E-state index in [2.05, 4.69) is 9.68 Å². The van der Waals surface area contributed by atoms with Crippen LogP contribution in [0, 0.1) is 5.21 Å². The second-order valence-electron chi connectivity index (χ2n) is 2.29. The second kappa shape index (κ2) is 2.62. The molecule has 4 heteroatoms. The third-order valence-corrected chi connectivity index (χ3v) is 1.20. The Bertz CT molecular complexity index is 73.2. The normalized spacial score (nSPS) is 39.0. The number of rotatable bonds is 0. The molecule has 0 amide bonds. The summed E-state index contributed by atoms with van der Waals surface area (Å²) in [6, 6.07) is 0. The van der Waals surface area contributed by atoms with E-state index in [0.717, 1.165) is 6.42 Å². The van der Waals surface area contributed by atoms with E-state index in [1.54, 1.807) is 0 Å². The number of hydrogen-bond donors (Lipinski definition) is 0. The highest BCUT2D eigenvalue weighted by Crippen LogP contribution is 2.14. The highest BCUT2D eigenvalue weighted by molar-refractivity contribution is 4.59. The van der Waals surface area contributed by atoms with Crippen LogP contribution in [-0.4, -0.2) is 17.6 Å². The van der Waals surface area contributed by atoms with Crippen molar-refractivity contribution >= 4 is 0 Å². The van der Waals surface area contributed by atoms with E-state index in [1.807, 2.05) is 13.8 Å². The van der Waals surface area contributed by atoms with Crippen LogP contribution < -0.4 is 0 Å². The highest BCUT2D eigenvalue weighted by Gasteiger charge is 2.17. The predicted molar refractivity (Wildman–Crippen MR) is 30.9 cm³/mol. The first kappa shape index (κ1) is 6.95. The van der Waals surface area contributed by atoms with Crippen molar-refractivity contribution in [1.82, 2.24) is 5.39 Å². The fourth-order valence-electron chi connectivity index (χ4n) is 0.872. The minimum Gasteiger partial charge on any atom is -0.738 e. The summed E-state index contributed by atoms with van der Waals surface area (Å²) in [5.74, 6) is 0. The molecule has 0 N–H and O–H groups in total. The molecule has 1 fully saturated rings. The van der Waals surface area contributed by atoms with Crippen molar-refractivity contribution in [1.29, 1.82) is 0 Å². The summed E-state index contributed by atoms with van der Waals surface area (Å²) >= 11 is 0. The molecule has 0 aromatic heterocycles. The van der Waals surface area contributed by atoms with Gasteiger partial charge < -0.3 is 5.21 Å². The molecule has 0 unspecified atom stereocenters. The van der Waals surface area contributed by atoms with E-state index < -0.39 is 0 Å². The smallest absolute Gasteiger partial charge is 0.0805 e. The lowest BCUT2D eigenvalue weighted by Crippen LogP contribution is -2.35. The summed E-state index contributed by atoms with van der Waals surface area (Å²) in [4.78, 5) is 9.22. The SMILES string of the molecule is C[C@H]1C[C@H](C)ON([O-])O1. The molecule has 1 aliphatic rings. The standard InChI is InChI=1S/C5H10NO3/c1-4-3-5(2)9-6(7)8-4/h4-5H,3H2,1-2H3/q-1/t4-,5-/m0/s1. The first-order chi connectivity index (χ1) is 4.18. The van der Waals surface area contributed by atoms with Crippen LogP contribution in [0.1, 0.15) is 20.3 Å². The quantitative estimate of drug-likeness (QED) is 0.489. The van der Waals surface area contributed by atoms with E-state index in [-0.39, 0.29) is 17.6 Å². The molecule has 0 aliphatic carbocycles. The van der Waals surface area contributed by atoms with E-state index >= 15 is 0 Å². The van der Waals surface area contributed by atoms with Gasteiger partial charge in [0, 0.05) is 6.42 Å². The Morgan fingerprint density at radius 2 is 1.78 bits per heavy atom. The molecule has 4 nitrogen and oxygen atoms in total. The van der Waals surface area contributed by atoms with Gasteiger partial charge in [-0.25, -0.2) is 0 Å². The maximum atomic E-state index is 10.4. The molecule has 0 saturated carbocycles. The average Bonchev–Trinajstić information content (AvgIpc) is 1.59. The lowest BCUT2D eigenvalue weighted by atomic mass is 10.2. The monoisotopic (exact) mass is 132 g/mol. The molecular weight excluding hydrogens is 122 g/mol. The lowest BCUT2D eigenvalue weighted by Gasteiger charge is -2.37. The van der Waals surface area contributed by atoms with Crippen molar-refractivity contribution in [2.24, 2.45) is 0 Å². The van der Waals surface area contributed by atoms with Crippen LogP contribution in [0.25, 0.3) is 0 Å². The largest absolute Gasteiger partial charge is 0.738 e. The van der Waals surface area contributed by atoms with Crippen LogP contribution in [0.5, 0.6) is 0 Å². The molecule has 9 heavy (non-hydrogen) atoms. The molecule has 54 valence electrons. The van der Waals surface area contributed by atoms with Gasteiger partial charge in [-0.3, -0.25) is 9.68 Å².